The van der Waals surface area contributed by atoms with Crippen LogP contribution >= 0.6 is 0 Å². The fourth-order valence-electron chi connectivity index (χ4n) is 3.47. The standard InChI is InChI=1S/C22H17N3O4/c26-21(17-11-15-8-4-5-9-18(15)28-22(17)27)25-12-16(13-25)20-23-19(24-29-20)10-14-6-2-1-3-7-14/h1-9,11,16H,10,12-13H2. The number of nitrogens with zero attached hydrogens (tertiary/aromatic N) is 3. The molecule has 1 saturated heterocycles. The molecule has 4 aromatic rings. The third kappa shape index (κ3) is 3.31. The summed E-state index contributed by atoms with van der Waals surface area (Å²) in [4.78, 5) is 31.0. The molecule has 7 heteroatoms. The van der Waals surface area contributed by atoms with Gasteiger partial charge < -0.3 is 13.8 Å². The number of likely N-dealkylation sites (tertiary alicyclic amines) is 1. The summed E-state index contributed by atoms with van der Waals surface area (Å²) in [6.07, 6.45) is 0.595. The second-order valence-electron chi connectivity index (χ2n) is 7.10. The van der Waals surface area contributed by atoms with Gasteiger partial charge >= 0.3 is 5.63 Å². The van der Waals surface area contributed by atoms with Crippen molar-refractivity contribution in [3.05, 3.63) is 93.9 Å². The molecule has 2 aromatic heterocycles. The highest BCUT2D eigenvalue weighted by atomic mass is 16.5. The molecule has 0 spiro atoms. The number of carbonyl (C=O) groups excluding carboxylic acids is 1. The highest BCUT2D eigenvalue weighted by Crippen LogP contribution is 2.27. The summed E-state index contributed by atoms with van der Waals surface area (Å²) in [7, 11) is 0. The number of fused-ring (bicyclic) bond motifs is 1. The first-order chi connectivity index (χ1) is 14.2. The van der Waals surface area contributed by atoms with Gasteiger partial charge in [-0.1, -0.05) is 53.7 Å². The zero-order valence-electron chi connectivity index (χ0n) is 15.4. The van der Waals surface area contributed by atoms with Crippen LogP contribution in [0.2, 0.25) is 0 Å². The van der Waals surface area contributed by atoms with E-state index >= 15 is 0 Å². The molecule has 29 heavy (non-hydrogen) atoms. The normalized spacial score (nSPS) is 14.1. The number of carbonyl (C=O) groups is 1. The van der Waals surface area contributed by atoms with Crippen molar-refractivity contribution in [2.45, 2.75) is 12.3 Å². The lowest BCUT2D eigenvalue weighted by atomic mass is 9.99. The monoisotopic (exact) mass is 387 g/mol. The van der Waals surface area contributed by atoms with E-state index in [1.54, 1.807) is 29.2 Å². The Morgan fingerprint density at radius 3 is 2.66 bits per heavy atom. The van der Waals surface area contributed by atoms with E-state index in [2.05, 4.69) is 10.1 Å². The summed E-state index contributed by atoms with van der Waals surface area (Å²) in [5, 5.41) is 4.75. The van der Waals surface area contributed by atoms with Crippen LogP contribution in [0.4, 0.5) is 0 Å². The number of aromatic nitrogens is 2. The average molecular weight is 387 g/mol. The number of hydrogen-bond donors (Lipinski definition) is 0. The molecule has 0 saturated carbocycles. The minimum atomic E-state index is -0.625. The first kappa shape index (κ1) is 17.4. The number of benzene rings is 2. The van der Waals surface area contributed by atoms with Crippen molar-refractivity contribution < 1.29 is 13.7 Å². The third-order valence-electron chi connectivity index (χ3n) is 5.08. The van der Waals surface area contributed by atoms with E-state index in [9.17, 15) is 9.59 Å². The Morgan fingerprint density at radius 2 is 1.83 bits per heavy atom. The van der Waals surface area contributed by atoms with Crippen LogP contribution in [0.25, 0.3) is 11.0 Å². The minimum Gasteiger partial charge on any atom is -0.422 e. The molecule has 1 fully saturated rings. The molecular formula is C22H17N3O4. The van der Waals surface area contributed by atoms with Gasteiger partial charge in [0.25, 0.3) is 5.91 Å². The van der Waals surface area contributed by atoms with Crippen molar-refractivity contribution in [1.82, 2.24) is 15.0 Å². The molecule has 144 valence electrons. The summed E-state index contributed by atoms with van der Waals surface area (Å²) in [5.41, 5.74) is 0.984. The smallest absolute Gasteiger partial charge is 0.349 e. The summed E-state index contributed by atoms with van der Waals surface area (Å²) in [5.74, 6) is 0.768. The zero-order chi connectivity index (χ0) is 19.8. The quantitative estimate of drug-likeness (QED) is 0.500. The van der Waals surface area contributed by atoms with Crippen LogP contribution in [0.1, 0.15) is 33.6 Å². The maximum atomic E-state index is 12.7. The lowest BCUT2D eigenvalue weighted by Crippen LogP contribution is -2.49. The van der Waals surface area contributed by atoms with Crippen LogP contribution in [-0.2, 0) is 6.42 Å². The van der Waals surface area contributed by atoms with Gasteiger partial charge in [0.05, 0.1) is 5.92 Å². The fraction of sp³-hybridized carbons (Fsp3) is 0.182. The molecule has 0 atom stereocenters. The van der Waals surface area contributed by atoms with Gasteiger partial charge in [-0.3, -0.25) is 4.79 Å². The highest BCUT2D eigenvalue weighted by Gasteiger charge is 2.37. The SMILES string of the molecule is O=C(c1cc2ccccc2oc1=O)N1CC(c2nc(Cc3ccccc3)no2)C1. The van der Waals surface area contributed by atoms with Gasteiger partial charge in [0.15, 0.2) is 5.82 Å². The Balaban J connectivity index is 1.27. The Labute approximate surface area is 165 Å². The number of rotatable bonds is 4. The van der Waals surface area contributed by atoms with Crippen LogP contribution in [-0.4, -0.2) is 34.0 Å². The Bertz CT molecular complexity index is 1240. The molecule has 7 nitrogen and oxygen atoms in total. The predicted molar refractivity (Wildman–Crippen MR) is 105 cm³/mol. The van der Waals surface area contributed by atoms with Crippen molar-refractivity contribution >= 4 is 16.9 Å². The maximum absolute atomic E-state index is 12.7. The first-order valence-corrected chi connectivity index (χ1v) is 9.36. The van der Waals surface area contributed by atoms with Crippen molar-refractivity contribution in [2.24, 2.45) is 0 Å². The van der Waals surface area contributed by atoms with E-state index in [1.165, 1.54) is 0 Å². The Kier molecular flexibility index (Phi) is 4.20. The largest absolute Gasteiger partial charge is 0.422 e. The van der Waals surface area contributed by atoms with Gasteiger partial charge in [-0.25, -0.2) is 4.79 Å². The van der Waals surface area contributed by atoms with Crippen molar-refractivity contribution in [2.75, 3.05) is 13.1 Å². The topological polar surface area (TPSA) is 89.4 Å². The lowest BCUT2D eigenvalue weighted by molar-refractivity contribution is 0.0565. The summed E-state index contributed by atoms with van der Waals surface area (Å²) in [6.45, 7) is 0.857. The molecule has 1 aliphatic rings. The molecule has 0 N–H and O–H groups in total. The molecule has 1 amide bonds. The van der Waals surface area contributed by atoms with Gasteiger partial charge in [-0.05, 0) is 17.7 Å². The van der Waals surface area contributed by atoms with E-state index < -0.39 is 5.63 Å². The summed E-state index contributed by atoms with van der Waals surface area (Å²) in [6, 6.07) is 18.6. The van der Waals surface area contributed by atoms with Crippen molar-refractivity contribution in [3.63, 3.8) is 0 Å². The van der Waals surface area contributed by atoms with Crippen LogP contribution in [0, 0.1) is 0 Å². The fourth-order valence-corrected chi connectivity index (χ4v) is 3.47. The summed E-state index contributed by atoms with van der Waals surface area (Å²) < 4.78 is 10.6. The van der Waals surface area contributed by atoms with Crippen LogP contribution < -0.4 is 5.63 Å². The van der Waals surface area contributed by atoms with Crippen LogP contribution in [0.15, 0.2) is 74.4 Å². The summed E-state index contributed by atoms with van der Waals surface area (Å²) >= 11 is 0. The number of hydrogen-bond acceptors (Lipinski definition) is 6. The number of para-hydroxylation sites is 1. The molecule has 2 aromatic carbocycles. The van der Waals surface area contributed by atoms with E-state index in [1.807, 2.05) is 36.4 Å². The van der Waals surface area contributed by atoms with E-state index in [-0.39, 0.29) is 17.4 Å². The zero-order valence-corrected chi connectivity index (χ0v) is 15.4. The van der Waals surface area contributed by atoms with Gasteiger partial charge in [0, 0.05) is 24.9 Å². The first-order valence-electron chi connectivity index (χ1n) is 9.36. The average Bonchev–Trinajstić information content (AvgIpc) is 3.15. The van der Waals surface area contributed by atoms with Gasteiger partial charge in [0.1, 0.15) is 11.1 Å². The van der Waals surface area contributed by atoms with Crippen LogP contribution in [0.3, 0.4) is 0 Å². The molecule has 0 unspecified atom stereocenters. The second-order valence-corrected chi connectivity index (χ2v) is 7.10. The maximum Gasteiger partial charge on any atom is 0.349 e. The highest BCUT2D eigenvalue weighted by molar-refractivity contribution is 5.97. The van der Waals surface area contributed by atoms with E-state index in [0.29, 0.717) is 36.8 Å². The van der Waals surface area contributed by atoms with Crippen molar-refractivity contribution in [3.8, 4) is 0 Å². The number of amides is 1. The van der Waals surface area contributed by atoms with Gasteiger partial charge in [-0.2, -0.15) is 4.98 Å². The molecule has 0 radical (unpaired) electrons. The Hall–Kier alpha value is -3.74. The molecule has 0 bridgehead atoms. The third-order valence-corrected chi connectivity index (χ3v) is 5.08. The Morgan fingerprint density at radius 1 is 1.07 bits per heavy atom. The molecular weight excluding hydrogens is 370 g/mol. The van der Waals surface area contributed by atoms with Crippen LogP contribution in [0.5, 0.6) is 0 Å². The predicted octanol–water partition coefficient (Wildman–Crippen LogP) is 3.01. The molecule has 1 aliphatic heterocycles. The second kappa shape index (κ2) is 7.01. The van der Waals surface area contributed by atoms with Gasteiger partial charge in [-0.15, -0.1) is 0 Å². The lowest BCUT2D eigenvalue weighted by Gasteiger charge is -2.36. The van der Waals surface area contributed by atoms with Crippen molar-refractivity contribution in [1.29, 1.82) is 0 Å². The molecule has 3 heterocycles. The molecule has 5 rings (SSSR count). The molecule has 0 aliphatic carbocycles. The van der Waals surface area contributed by atoms with E-state index in [0.717, 1.165) is 10.9 Å². The van der Waals surface area contributed by atoms with E-state index in [4.69, 9.17) is 8.94 Å². The minimum absolute atomic E-state index is 0.0246. The van der Waals surface area contributed by atoms with Gasteiger partial charge in [0.2, 0.25) is 5.89 Å².